The molecule has 3 aromatic rings. The maximum atomic E-state index is 12.9. The van der Waals surface area contributed by atoms with Crippen molar-refractivity contribution in [1.82, 2.24) is 4.90 Å². The Morgan fingerprint density at radius 2 is 1.38 bits per heavy atom. The summed E-state index contributed by atoms with van der Waals surface area (Å²) in [5.41, 5.74) is 2.99. The van der Waals surface area contributed by atoms with E-state index in [9.17, 15) is 4.79 Å². The largest absolute Gasteiger partial charge is 0.334 e. The Morgan fingerprint density at radius 1 is 0.846 bits per heavy atom. The van der Waals surface area contributed by atoms with Crippen LogP contribution in [0.2, 0.25) is 10.0 Å². The molecule has 0 saturated heterocycles. The lowest BCUT2D eigenvalue weighted by Crippen LogP contribution is -2.33. The lowest BCUT2D eigenvalue weighted by molar-refractivity contribution is -0.130. The van der Waals surface area contributed by atoms with Gasteiger partial charge in [-0.05, 0) is 28.8 Å². The van der Waals surface area contributed by atoms with E-state index < -0.39 is 0 Å². The van der Waals surface area contributed by atoms with E-state index >= 15 is 0 Å². The summed E-state index contributed by atoms with van der Waals surface area (Å²) in [6.07, 6.45) is 0.267. The molecule has 132 valence electrons. The Morgan fingerprint density at radius 3 is 1.88 bits per heavy atom. The van der Waals surface area contributed by atoms with Crippen molar-refractivity contribution in [1.29, 1.82) is 0 Å². The molecule has 0 atom stereocenters. The summed E-state index contributed by atoms with van der Waals surface area (Å²) >= 11 is 12.0. The summed E-state index contributed by atoms with van der Waals surface area (Å²) < 4.78 is 0. The highest BCUT2D eigenvalue weighted by molar-refractivity contribution is 6.42. The van der Waals surface area contributed by atoms with E-state index in [4.69, 9.17) is 23.2 Å². The van der Waals surface area contributed by atoms with Crippen LogP contribution in [0.4, 0.5) is 0 Å². The van der Waals surface area contributed by atoms with Crippen molar-refractivity contribution in [3.05, 3.63) is 106 Å². The van der Waals surface area contributed by atoms with Gasteiger partial charge in [0, 0.05) is 7.05 Å². The molecule has 3 aromatic carbocycles. The maximum Gasteiger partial charge on any atom is 0.227 e. The fourth-order valence-electron chi connectivity index (χ4n) is 3.00. The van der Waals surface area contributed by atoms with E-state index in [2.05, 4.69) is 0 Å². The smallest absolute Gasteiger partial charge is 0.227 e. The summed E-state index contributed by atoms with van der Waals surface area (Å²) in [7, 11) is 1.84. The highest BCUT2D eigenvalue weighted by Crippen LogP contribution is 2.28. The molecule has 0 bridgehead atoms. The van der Waals surface area contributed by atoms with Crippen LogP contribution in [-0.2, 0) is 11.2 Å². The molecule has 0 saturated carbocycles. The zero-order valence-electron chi connectivity index (χ0n) is 14.4. The van der Waals surface area contributed by atoms with Crippen molar-refractivity contribution < 1.29 is 4.79 Å². The minimum atomic E-state index is -0.146. The van der Waals surface area contributed by atoms with Crippen LogP contribution >= 0.6 is 23.2 Å². The molecule has 0 unspecified atom stereocenters. The van der Waals surface area contributed by atoms with Crippen LogP contribution < -0.4 is 0 Å². The Bertz CT molecular complexity index is 842. The molecule has 2 nitrogen and oxygen atoms in total. The van der Waals surface area contributed by atoms with E-state index in [1.165, 1.54) is 0 Å². The monoisotopic (exact) mass is 383 g/mol. The first-order valence-corrected chi connectivity index (χ1v) is 9.11. The third kappa shape index (κ3) is 4.27. The number of hydrogen-bond acceptors (Lipinski definition) is 1. The van der Waals surface area contributed by atoms with Gasteiger partial charge in [0.25, 0.3) is 0 Å². The molecule has 0 aliphatic carbocycles. The molecular weight excluding hydrogens is 365 g/mol. The summed E-state index contributed by atoms with van der Waals surface area (Å²) in [5, 5.41) is 0.949. The van der Waals surface area contributed by atoms with E-state index in [1.54, 1.807) is 17.0 Å². The van der Waals surface area contributed by atoms with Crippen molar-refractivity contribution in [2.24, 2.45) is 0 Å². The first-order chi connectivity index (χ1) is 12.6. The molecule has 0 N–H and O–H groups in total. The highest BCUT2D eigenvalue weighted by Gasteiger charge is 2.23. The fraction of sp³-hybridized carbons (Fsp3) is 0.136. The van der Waals surface area contributed by atoms with Gasteiger partial charge in [-0.25, -0.2) is 0 Å². The molecule has 0 aliphatic rings. The third-order valence-corrected chi connectivity index (χ3v) is 5.09. The molecule has 0 fully saturated rings. The molecule has 0 heterocycles. The summed E-state index contributed by atoms with van der Waals surface area (Å²) in [4.78, 5) is 14.7. The van der Waals surface area contributed by atoms with E-state index in [0.29, 0.717) is 10.0 Å². The molecule has 4 heteroatoms. The molecule has 3 rings (SSSR count). The quantitative estimate of drug-likeness (QED) is 0.546. The maximum absolute atomic E-state index is 12.9. The van der Waals surface area contributed by atoms with Gasteiger partial charge in [-0.15, -0.1) is 0 Å². The van der Waals surface area contributed by atoms with Gasteiger partial charge in [0.15, 0.2) is 0 Å². The van der Waals surface area contributed by atoms with Crippen LogP contribution in [-0.4, -0.2) is 17.9 Å². The predicted molar refractivity (Wildman–Crippen MR) is 108 cm³/mol. The molecule has 0 aromatic heterocycles. The van der Waals surface area contributed by atoms with Gasteiger partial charge in [0.2, 0.25) is 5.91 Å². The van der Waals surface area contributed by atoms with Crippen LogP contribution in [0.3, 0.4) is 0 Å². The molecule has 1 amide bonds. The standard InChI is InChI=1S/C22H19Cl2NO/c1-25(21(26)15-16-12-13-19(23)20(24)14-16)22(17-8-4-2-5-9-17)18-10-6-3-7-11-18/h2-14,22H,15H2,1H3. The van der Waals surface area contributed by atoms with Gasteiger partial charge in [0.1, 0.15) is 0 Å². The topological polar surface area (TPSA) is 20.3 Å². The number of halogens is 2. The van der Waals surface area contributed by atoms with Gasteiger partial charge in [0.05, 0.1) is 22.5 Å². The van der Waals surface area contributed by atoms with Gasteiger partial charge in [-0.2, -0.15) is 0 Å². The molecule has 0 aliphatic heterocycles. The average molecular weight is 384 g/mol. The zero-order valence-corrected chi connectivity index (χ0v) is 15.9. The second kappa shape index (κ2) is 8.39. The van der Waals surface area contributed by atoms with Crippen molar-refractivity contribution in [3.8, 4) is 0 Å². The number of amides is 1. The predicted octanol–water partition coefficient (Wildman–Crippen LogP) is 5.78. The second-order valence-electron chi connectivity index (χ2n) is 6.15. The van der Waals surface area contributed by atoms with Crippen molar-refractivity contribution in [3.63, 3.8) is 0 Å². The zero-order chi connectivity index (χ0) is 18.5. The van der Waals surface area contributed by atoms with Crippen LogP contribution in [0.25, 0.3) is 0 Å². The van der Waals surface area contributed by atoms with E-state index in [-0.39, 0.29) is 18.4 Å². The Kier molecular flexibility index (Phi) is 5.97. The SMILES string of the molecule is CN(C(=O)Cc1ccc(Cl)c(Cl)c1)C(c1ccccc1)c1ccccc1. The average Bonchev–Trinajstić information content (AvgIpc) is 2.66. The Labute approximate surface area is 164 Å². The number of benzene rings is 3. The third-order valence-electron chi connectivity index (χ3n) is 4.35. The number of carbonyl (C=O) groups excluding carboxylic acids is 1. The van der Waals surface area contributed by atoms with Gasteiger partial charge in [-0.3, -0.25) is 4.79 Å². The van der Waals surface area contributed by atoms with Gasteiger partial charge < -0.3 is 4.90 Å². The van der Waals surface area contributed by atoms with E-state index in [0.717, 1.165) is 16.7 Å². The summed E-state index contributed by atoms with van der Waals surface area (Å²) in [6.45, 7) is 0. The van der Waals surface area contributed by atoms with Crippen molar-refractivity contribution >= 4 is 29.1 Å². The first kappa shape index (κ1) is 18.5. The normalized spacial score (nSPS) is 10.8. The lowest BCUT2D eigenvalue weighted by Gasteiger charge is -2.29. The summed E-state index contributed by atoms with van der Waals surface area (Å²) in [5.74, 6) is 0.0149. The highest BCUT2D eigenvalue weighted by atomic mass is 35.5. The minimum Gasteiger partial charge on any atom is -0.334 e. The first-order valence-electron chi connectivity index (χ1n) is 8.35. The Balaban J connectivity index is 1.88. The summed E-state index contributed by atoms with van der Waals surface area (Å²) in [6, 6.07) is 25.2. The van der Waals surface area contributed by atoms with Gasteiger partial charge >= 0.3 is 0 Å². The number of rotatable bonds is 5. The molecule has 0 spiro atoms. The second-order valence-corrected chi connectivity index (χ2v) is 6.97. The van der Waals surface area contributed by atoms with Gasteiger partial charge in [-0.1, -0.05) is 89.9 Å². The molecular formula is C22H19Cl2NO. The number of likely N-dealkylation sites (N-methyl/N-ethyl adjacent to an activating group) is 1. The number of carbonyl (C=O) groups is 1. The van der Waals surface area contributed by atoms with Crippen molar-refractivity contribution in [2.45, 2.75) is 12.5 Å². The molecule has 26 heavy (non-hydrogen) atoms. The number of nitrogens with zero attached hydrogens (tertiary/aromatic N) is 1. The van der Waals surface area contributed by atoms with Crippen LogP contribution in [0.1, 0.15) is 22.7 Å². The van der Waals surface area contributed by atoms with Crippen LogP contribution in [0.15, 0.2) is 78.9 Å². The fourth-order valence-corrected chi connectivity index (χ4v) is 3.32. The van der Waals surface area contributed by atoms with Crippen LogP contribution in [0, 0.1) is 0 Å². The molecule has 0 radical (unpaired) electrons. The lowest BCUT2D eigenvalue weighted by atomic mass is 9.97. The van der Waals surface area contributed by atoms with E-state index in [1.807, 2.05) is 73.8 Å². The van der Waals surface area contributed by atoms with Crippen molar-refractivity contribution in [2.75, 3.05) is 7.05 Å². The Hall–Kier alpha value is -2.29. The van der Waals surface area contributed by atoms with Crippen LogP contribution in [0.5, 0.6) is 0 Å². The minimum absolute atomic E-state index is 0.0149. The number of hydrogen-bond donors (Lipinski definition) is 0.